The van der Waals surface area contributed by atoms with Gasteiger partial charge in [-0.05, 0) is 62.1 Å². The highest BCUT2D eigenvalue weighted by molar-refractivity contribution is 8.93. The molecule has 1 fully saturated rings. The summed E-state index contributed by atoms with van der Waals surface area (Å²) in [4.78, 5) is 34.8. The normalized spacial score (nSPS) is 18.0. The molecule has 0 bridgehead atoms. The zero-order valence-electron chi connectivity index (χ0n) is 19.2. The number of aliphatic imine (C=N–C) groups is 2. The number of aromatic carboxylic acids is 1. The van der Waals surface area contributed by atoms with Crippen molar-refractivity contribution in [3.8, 4) is 0 Å². The monoisotopic (exact) mass is 545 g/mol. The molecule has 180 valence electrons. The number of amidine groups is 2. The second-order valence-electron chi connectivity index (χ2n) is 8.53. The van der Waals surface area contributed by atoms with Gasteiger partial charge in [0.2, 0.25) is 0 Å². The van der Waals surface area contributed by atoms with Gasteiger partial charge in [0.05, 0.1) is 17.0 Å². The number of hydrogen-bond donors (Lipinski definition) is 2. The molecule has 0 saturated heterocycles. The molecule has 2 aromatic rings. The van der Waals surface area contributed by atoms with Crippen LogP contribution >= 0.6 is 28.7 Å². The molecule has 1 saturated carbocycles. The first-order valence-electron chi connectivity index (χ1n) is 11.0. The molecule has 0 unspecified atom stereocenters. The Hall–Kier alpha value is -2.65. The average molecular weight is 546 g/mol. The fourth-order valence-electron chi connectivity index (χ4n) is 4.66. The molecular weight excluding hydrogens is 518 g/mol. The topological polar surface area (TPSA) is 103 Å². The Morgan fingerprint density at radius 3 is 2.21 bits per heavy atom. The van der Waals surface area contributed by atoms with Gasteiger partial charge in [0, 0.05) is 5.69 Å². The molecule has 2 N–H and O–H groups in total. The van der Waals surface area contributed by atoms with Crippen LogP contribution in [0.15, 0.2) is 52.4 Å². The number of aliphatic carboxylic acids is 1. The summed E-state index contributed by atoms with van der Waals surface area (Å²) in [6.07, 6.45) is 4.85. The Labute approximate surface area is 213 Å². The maximum absolute atomic E-state index is 11.4. The van der Waals surface area contributed by atoms with Gasteiger partial charge < -0.3 is 15.1 Å². The van der Waals surface area contributed by atoms with E-state index in [1.807, 2.05) is 32.0 Å². The molecule has 2 aliphatic rings. The van der Waals surface area contributed by atoms with Gasteiger partial charge in [0.15, 0.2) is 11.0 Å². The molecule has 1 aliphatic heterocycles. The number of rotatable bonds is 5. The number of anilines is 1. The highest BCUT2D eigenvalue weighted by atomic mass is 79.9. The van der Waals surface area contributed by atoms with Crippen molar-refractivity contribution in [3.05, 3.63) is 59.2 Å². The molecule has 0 amide bonds. The lowest BCUT2D eigenvalue weighted by Crippen LogP contribution is -2.52. The van der Waals surface area contributed by atoms with Crippen LogP contribution in [-0.2, 0) is 4.79 Å². The molecular formula is C25H28BrN3O4S. The predicted octanol–water partition coefficient (Wildman–Crippen LogP) is 6.01. The van der Waals surface area contributed by atoms with Crippen molar-refractivity contribution in [3.63, 3.8) is 0 Å². The van der Waals surface area contributed by atoms with Gasteiger partial charge in [-0.3, -0.25) is 4.79 Å². The van der Waals surface area contributed by atoms with E-state index in [1.54, 1.807) is 24.3 Å². The lowest BCUT2D eigenvalue weighted by atomic mass is 9.79. The summed E-state index contributed by atoms with van der Waals surface area (Å²) in [6.45, 7) is 4.06. The van der Waals surface area contributed by atoms with Crippen molar-refractivity contribution >= 4 is 63.1 Å². The van der Waals surface area contributed by atoms with E-state index >= 15 is 0 Å². The van der Waals surface area contributed by atoms with Gasteiger partial charge in [0.25, 0.3) is 0 Å². The number of halogens is 1. The van der Waals surface area contributed by atoms with Crippen LogP contribution in [0.2, 0.25) is 0 Å². The number of hydrogen-bond acceptors (Lipinski definition) is 5. The summed E-state index contributed by atoms with van der Waals surface area (Å²) in [6, 6.07) is 12.8. The van der Waals surface area contributed by atoms with Crippen molar-refractivity contribution in [2.75, 3.05) is 10.7 Å². The van der Waals surface area contributed by atoms with Gasteiger partial charge >= 0.3 is 11.9 Å². The largest absolute Gasteiger partial charge is 0.481 e. The summed E-state index contributed by atoms with van der Waals surface area (Å²) in [7, 11) is 0. The summed E-state index contributed by atoms with van der Waals surface area (Å²) in [5.41, 5.74) is 3.53. The first-order valence-corrected chi connectivity index (χ1v) is 12.0. The third-order valence-corrected chi connectivity index (χ3v) is 7.20. The highest BCUT2D eigenvalue weighted by Crippen LogP contribution is 2.45. The van der Waals surface area contributed by atoms with E-state index in [0.29, 0.717) is 11.0 Å². The van der Waals surface area contributed by atoms with Crippen molar-refractivity contribution in [1.82, 2.24) is 0 Å². The molecule has 34 heavy (non-hydrogen) atoms. The molecule has 2 aromatic carbocycles. The van der Waals surface area contributed by atoms with Crippen LogP contribution in [0.4, 0.5) is 11.4 Å². The zero-order valence-corrected chi connectivity index (χ0v) is 21.7. The number of para-hydroxylation sites is 1. The molecule has 9 heteroatoms. The van der Waals surface area contributed by atoms with E-state index in [9.17, 15) is 19.8 Å². The number of carboxylic acid groups (broad SMARTS) is 2. The van der Waals surface area contributed by atoms with Gasteiger partial charge in [-0.15, -0.1) is 17.0 Å². The standard InChI is InChI=1S/C25H27N3O4S.BrH/c1-16-7-6-8-17(2)21(16)26-23-25(13-4-3-5-14-25)28(24(27-23)33-15-20(29)30)19-11-9-18(10-12-19)22(31)32;/h6-12H,3-5,13-15H2,1-2H3,(H,29,30)(H,31,32);1H. The van der Waals surface area contributed by atoms with Gasteiger partial charge in [-0.1, -0.05) is 49.2 Å². The fourth-order valence-corrected chi connectivity index (χ4v) is 5.48. The maximum atomic E-state index is 11.4. The van der Waals surface area contributed by atoms with E-state index in [2.05, 4.69) is 4.90 Å². The lowest BCUT2D eigenvalue weighted by molar-refractivity contribution is -0.133. The van der Waals surface area contributed by atoms with Crippen LogP contribution in [0.25, 0.3) is 0 Å². The lowest BCUT2D eigenvalue weighted by Gasteiger charge is -2.42. The van der Waals surface area contributed by atoms with Crippen LogP contribution in [0.1, 0.15) is 53.6 Å². The van der Waals surface area contributed by atoms with E-state index in [1.165, 1.54) is 11.8 Å². The zero-order chi connectivity index (χ0) is 23.6. The Kier molecular flexibility index (Phi) is 8.20. The summed E-state index contributed by atoms with van der Waals surface area (Å²) in [5, 5.41) is 19.2. The van der Waals surface area contributed by atoms with E-state index in [-0.39, 0.29) is 28.3 Å². The van der Waals surface area contributed by atoms with Gasteiger partial charge in [-0.2, -0.15) is 0 Å². The average Bonchev–Trinajstić information content (AvgIpc) is 3.07. The van der Waals surface area contributed by atoms with Crippen LogP contribution in [0, 0.1) is 13.8 Å². The number of thioether (sulfide) groups is 1. The Balaban J connectivity index is 0.00000324. The van der Waals surface area contributed by atoms with E-state index < -0.39 is 17.5 Å². The van der Waals surface area contributed by atoms with Crippen molar-refractivity contribution in [1.29, 1.82) is 0 Å². The van der Waals surface area contributed by atoms with Crippen LogP contribution in [-0.4, -0.2) is 44.4 Å². The minimum atomic E-state index is -0.984. The molecule has 1 heterocycles. The van der Waals surface area contributed by atoms with Crippen molar-refractivity contribution in [2.45, 2.75) is 51.5 Å². The molecule has 4 rings (SSSR count). The molecule has 1 spiro atoms. The summed E-state index contributed by atoms with van der Waals surface area (Å²) >= 11 is 1.18. The first-order chi connectivity index (χ1) is 15.8. The Bertz CT molecular complexity index is 1120. The number of carboxylic acids is 2. The smallest absolute Gasteiger partial charge is 0.335 e. The molecule has 0 aromatic heterocycles. The minimum absolute atomic E-state index is 0. The number of nitrogens with zero attached hydrogens (tertiary/aromatic N) is 3. The third kappa shape index (κ3) is 5.05. The molecule has 0 atom stereocenters. The summed E-state index contributed by atoms with van der Waals surface area (Å²) < 4.78 is 0. The van der Waals surface area contributed by atoms with Gasteiger partial charge in [-0.25, -0.2) is 14.8 Å². The molecule has 7 nitrogen and oxygen atoms in total. The Morgan fingerprint density at radius 1 is 1.03 bits per heavy atom. The minimum Gasteiger partial charge on any atom is -0.481 e. The quantitative estimate of drug-likeness (QED) is 0.477. The predicted molar refractivity (Wildman–Crippen MR) is 143 cm³/mol. The molecule has 0 radical (unpaired) electrons. The number of aryl methyl sites for hydroxylation is 2. The van der Waals surface area contributed by atoms with Gasteiger partial charge in [0.1, 0.15) is 5.54 Å². The van der Waals surface area contributed by atoms with Crippen LogP contribution in [0.5, 0.6) is 0 Å². The highest BCUT2D eigenvalue weighted by Gasteiger charge is 2.50. The SMILES string of the molecule is Br.Cc1cccc(C)c1N=C1N=C(SCC(=O)O)N(c2ccc(C(=O)O)cc2)C12CCCCC2. The first kappa shape index (κ1) is 26.0. The van der Waals surface area contributed by atoms with Crippen LogP contribution < -0.4 is 4.90 Å². The number of carbonyl (C=O) groups is 2. The fraction of sp³-hybridized carbons (Fsp3) is 0.360. The Morgan fingerprint density at radius 2 is 1.65 bits per heavy atom. The van der Waals surface area contributed by atoms with E-state index in [0.717, 1.165) is 54.6 Å². The third-order valence-electron chi connectivity index (χ3n) is 6.27. The van der Waals surface area contributed by atoms with Crippen molar-refractivity contribution < 1.29 is 19.8 Å². The summed E-state index contributed by atoms with van der Waals surface area (Å²) in [5.74, 6) is -1.31. The van der Waals surface area contributed by atoms with E-state index in [4.69, 9.17) is 9.98 Å². The second kappa shape index (κ2) is 10.7. The number of benzene rings is 2. The maximum Gasteiger partial charge on any atom is 0.335 e. The molecule has 1 aliphatic carbocycles. The second-order valence-corrected chi connectivity index (χ2v) is 9.47. The van der Waals surface area contributed by atoms with Crippen molar-refractivity contribution in [2.24, 2.45) is 9.98 Å². The van der Waals surface area contributed by atoms with Crippen LogP contribution in [0.3, 0.4) is 0 Å².